The lowest BCUT2D eigenvalue weighted by Gasteiger charge is -2.31. The van der Waals surface area contributed by atoms with Gasteiger partial charge in [-0.3, -0.25) is 0 Å². The molecule has 0 saturated heterocycles. The molecule has 0 aliphatic carbocycles. The molecule has 390 valence electrons. The summed E-state index contributed by atoms with van der Waals surface area (Å²) in [7, 11) is 0. The van der Waals surface area contributed by atoms with Crippen molar-refractivity contribution >= 4 is 102 Å². The van der Waals surface area contributed by atoms with Gasteiger partial charge in [0.15, 0.2) is 0 Å². The van der Waals surface area contributed by atoms with E-state index in [1.165, 1.54) is 34.0 Å². The zero-order chi connectivity index (χ0) is 54.8. The third-order valence-corrected chi connectivity index (χ3v) is 15.3. The SMILES string of the molecule is Cc1ccc(N(c2ccc(C)cc2)c2ccc(N(c3ccccc3)c3c4nsnc4c(N(c4ccccc4)c4ccc(N(c5ccc(C)cc5)c5ccc(C)cc5)cc4)c4nc(-c5ccccc5)c(-c5ccccc5)nc34)cc2)cc1. The molecule has 0 saturated carbocycles. The van der Waals surface area contributed by atoms with Gasteiger partial charge in [0.1, 0.15) is 33.4 Å². The number of aromatic nitrogens is 4. The van der Waals surface area contributed by atoms with E-state index in [2.05, 4.69) is 302 Å². The monoisotopic (exact) mass is 1060 g/mol. The highest BCUT2D eigenvalue weighted by Crippen LogP contribution is 2.51. The molecular formula is C72H56N8S. The second-order valence-electron chi connectivity index (χ2n) is 20.4. The van der Waals surface area contributed by atoms with E-state index in [-0.39, 0.29) is 0 Å². The summed E-state index contributed by atoms with van der Waals surface area (Å²) >= 11 is 1.19. The molecule has 0 atom stereocenters. The average molecular weight is 1070 g/mol. The average Bonchev–Trinajstić information content (AvgIpc) is 4.26. The summed E-state index contributed by atoms with van der Waals surface area (Å²) in [5, 5.41) is 0. The van der Waals surface area contributed by atoms with Crippen LogP contribution in [0.15, 0.2) is 267 Å². The predicted octanol–water partition coefficient (Wildman–Crippen LogP) is 20.1. The fourth-order valence-electron chi connectivity index (χ4n) is 10.6. The van der Waals surface area contributed by atoms with Gasteiger partial charge in [0.05, 0.1) is 23.1 Å². The van der Waals surface area contributed by atoms with Crippen LogP contribution in [-0.2, 0) is 0 Å². The van der Waals surface area contributed by atoms with Crippen molar-refractivity contribution in [1.82, 2.24) is 18.7 Å². The van der Waals surface area contributed by atoms with Crippen LogP contribution in [0.2, 0.25) is 0 Å². The molecule has 81 heavy (non-hydrogen) atoms. The Hall–Kier alpha value is -10.2. The van der Waals surface area contributed by atoms with Gasteiger partial charge in [0.2, 0.25) is 0 Å². The summed E-state index contributed by atoms with van der Waals surface area (Å²) in [4.78, 5) is 21.0. The summed E-state index contributed by atoms with van der Waals surface area (Å²) in [6.45, 7) is 8.49. The number of nitrogens with zero attached hydrogens (tertiary/aromatic N) is 8. The standard InChI is InChI=1S/C72H56N8S/c1-49-25-33-57(34-26-49)77(58-35-27-50(2)28-36-58)61-41-45-63(46-42-61)79(55-21-13-7-14-22-55)71-67-68(74-66(54-19-11-6-12-20-54)65(73-67)53-17-9-5-10-18-53)72(70-69(71)75-81-76-70)80(56-23-15-8-16-24-56)64-47-43-62(44-48-64)78(59-37-29-51(3)30-38-59)60-39-31-52(4)32-40-60/h5-48H,1-4H3. The number of para-hydroxylation sites is 2. The van der Waals surface area contributed by atoms with Crippen molar-refractivity contribution in [3.63, 3.8) is 0 Å². The Balaban J connectivity index is 1.06. The van der Waals surface area contributed by atoms with Crippen molar-refractivity contribution in [3.8, 4) is 22.5 Å². The molecule has 0 aliphatic rings. The van der Waals surface area contributed by atoms with Crippen molar-refractivity contribution in [2.45, 2.75) is 27.7 Å². The first-order chi connectivity index (χ1) is 39.8. The van der Waals surface area contributed by atoms with Crippen LogP contribution in [0.25, 0.3) is 44.6 Å². The zero-order valence-corrected chi connectivity index (χ0v) is 46.2. The van der Waals surface area contributed by atoms with Gasteiger partial charge in [0, 0.05) is 68.0 Å². The van der Waals surface area contributed by atoms with Crippen LogP contribution in [0.1, 0.15) is 22.3 Å². The molecular weight excluding hydrogens is 1010 g/mol. The van der Waals surface area contributed by atoms with Gasteiger partial charge < -0.3 is 19.6 Å². The second kappa shape index (κ2) is 21.9. The van der Waals surface area contributed by atoms with Crippen LogP contribution in [0.3, 0.4) is 0 Å². The number of fused-ring (bicyclic) bond motifs is 2. The largest absolute Gasteiger partial charge is 0.311 e. The molecule has 11 aromatic carbocycles. The van der Waals surface area contributed by atoms with Crippen molar-refractivity contribution in [1.29, 1.82) is 0 Å². The van der Waals surface area contributed by atoms with E-state index < -0.39 is 0 Å². The number of benzene rings is 11. The Labute approximate surface area is 477 Å². The molecule has 0 amide bonds. The lowest BCUT2D eigenvalue weighted by atomic mass is 10.0. The minimum absolute atomic E-state index is 0.667. The van der Waals surface area contributed by atoms with Crippen LogP contribution in [-0.4, -0.2) is 18.7 Å². The van der Waals surface area contributed by atoms with Crippen LogP contribution in [0.5, 0.6) is 0 Å². The lowest BCUT2D eigenvalue weighted by molar-refractivity contribution is 1.22. The molecule has 2 aromatic heterocycles. The summed E-state index contributed by atoms with van der Waals surface area (Å²) in [5.41, 5.74) is 22.5. The Kier molecular flexibility index (Phi) is 13.6. The molecule has 0 spiro atoms. The lowest BCUT2D eigenvalue weighted by Crippen LogP contribution is -2.16. The van der Waals surface area contributed by atoms with Gasteiger partial charge >= 0.3 is 0 Å². The molecule has 0 fully saturated rings. The van der Waals surface area contributed by atoms with Crippen LogP contribution in [0, 0.1) is 27.7 Å². The fraction of sp³-hybridized carbons (Fsp3) is 0.0556. The van der Waals surface area contributed by atoms with Gasteiger partial charge in [-0.2, -0.15) is 8.75 Å². The summed E-state index contributed by atoms with van der Waals surface area (Å²) in [5.74, 6) is 0. The first-order valence-corrected chi connectivity index (χ1v) is 27.9. The minimum atomic E-state index is 0.667. The minimum Gasteiger partial charge on any atom is -0.311 e. The maximum Gasteiger partial charge on any atom is 0.133 e. The molecule has 0 unspecified atom stereocenters. The fourth-order valence-corrected chi connectivity index (χ4v) is 11.2. The molecule has 13 aromatic rings. The first-order valence-electron chi connectivity index (χ1n) is 27.2. The smallest absolute Gasteiger partial charge is 0.133 e. The van der Waals surface area contributed by atoms with Gasteiger partial charge in [-0.25, -0.2) is 9.97 Å². The number of hydrogen-bond donors (Lipinski definition) is 0. The van der Waals surface area contributed by atoms with Gasteiger partial charge in [-0.15, -0.1) is 0 Å². The number of anilines is 12. The first kappa shape index (κ1) is 50.3. The molecule has 0 N–H and O–H groups in total. The zero-order valence-electron chi connectivity index (χ0n) is 45.4. The Bertz CT molecular complexity index is 3900. The highest BCUT2D eigenvalue weighted by molar-refractivity contribution is 7.00. The molecule has 13 rings (SSSR count). The highest BCUT2D eigenvalue weighted by atomic mass is 32.1. The van der Waals surface area contributed by atoms with Crippen molar-refractivity contribution in [3.05, 3.63) is 289 Å². The summed E-state index contributed by atoms with van der Waals surface area (Å²) in [6, 6.07) is 94.1. The van der Waals surface area contributed by atoms with E-state index in [1.807, 2.05) is 12.1 Å². The maximum atomic E-state index is 5.90. The number of hydrogen-bond acceptors (Lipinski definition) is 9. The summed E-state index contributed by atoms with van der Waals surface area (Å²) < 4.78 is 10.6. The number of aryl methyl sites for hydroxylation is 4. The topological polar surface area (TPSA) is 64.5 Å². The number of rotatable bonds is 14. The van der Waals surface area contributed by atoms with Crippen molar-refractivity contribution in [2.75, 3.05) is 19.6 Å². The van der Waals surface area contributed by atoms with Crippen LogP contribution >= 0.6 is 11.7 Å². The van der Waals surface area contributed by atoms with Gasteiger partial charge in [-0.1, -0.05) is 168 Å². The Morgan fingerprint density at radius 3 is 0.728 bits per heavy atom. The molecule has 2 heterocycles. The molecule has 0 radical (unpaired) electrons. The second-order valence-corrected chi connectivity index (χ2v) is 20.9. The van der Waals surface area contributed by atoms with E-state index in [0.29, 0.717) is 22.1 Å². The van der Waals surface area contributed by atoms with E-state index in [4.69, 9.17) is 18.7 Å². The summed E-state index contributed by atoms with van der Waals surface area (Å²) in [6.07, 6.45) is 0. The Morgan fingerprint density at radius 1 is 0.235 bits per heavy atom. The van der Waals surface area contributed by atoms with E-state index >= 15 is 0 Å². The molecule has 9 heteroatoms. The third kappa shape index (κ3) is 9.92. The molecule has 8 nitrogen and oxygen atoms in total. The van der Waals surface area contributed by atoms with E-state index in [9.17, 15) is 0 Å². The predicted molar refractivity (Wildman–Crippen MR) is 339 cm³/mol. The van der Waals surface area contributed by atoms with E-state index in [1.54, 1.807) is 0 Å². The van der Waals surface area contributed by atoms with Gasteiger partial charge in [-0.05, 0) is 149 Å². The molecule has 0 aliphatic heterocycles. The quantitative estimate of drug-likeness (QED) is 0.0998. The van der Waals surface area contributed by atoms with Crippen LogP contribution < -0.4 is 19.6 Å². The van der Waals surface area contributed by atoms with Crippen molar-refractivity contribution in [2.24, 2.45) is 0 Å². The van der Waals surface area contributed by atoms with Gasteiger partial charge in [0.25, 0.3) is 0 Å². The Morgan fingerprint density at radius 2 is 0.457 bits per heavy atom. The third-order valence-electron chi connectivity index (χ3n) is 14.8. The maximum absolute atomic E-state index is 5.90. The van der Waals surface area contributed by atoms with Crippen molar-refractivity contribution < 1.29 is 0 Å². The molecule has 0 bridgehead atoms. The van der Waals surface area contributed by atoms with Crippen LogP contribution in [0.4, 0.5) is 68.2 Å². The normalized spacial score (nSPS) is 11.2. The highest BCUT2D eigenvalue weighted by Gasteiger charge is 2.32. The van der Waals surface area contributed by atoms with E-state index in [0.717, 1.165) is 90.8 Å².